The molecule has 0 bridgehead atoms. The maximum absolute atomic E-state index is 13.8. The zero-order chi connectivity index (χ0) is 19.9. The normalized spacial score (nSPS) is 18.2. The summed E-state index contributed by atoms with van der Waals surface area (Å²) in [6.45, 7) is 4.57. The van der Waals surface area contributed by atoms with E-state index in [-0.39, 0.29) is 23.0 Å². The summed E-state index contributed by atoms with van der Waals surface area (Å²) >= 11 is 0. The van der Waals surface area contributed by atoms with Gasteiger partial charge < -0.3 is 15.5 Å². The molecular formula is C19H22F2N6O. The van der Waals surface area contributed by atoms with Crippen molar-refractivity contribution in [2.75, 3.05) is 29.9 Å². The number of fused-ring (bicyclic) bond motifs is 2. The van der Waals surface area contributed by atoms with Crippen molar-refractivity contribution >= 4 is 23.4 Å². The number of halogens is 2. The Hall–Kier alpha value is -2.68. The monoisotopic (exact) mass is 388 g/mol. The van der Waals surface area contributed by atoms with Gasteiger partial charge in [0.1, 0.15) is 11.5 Å². The quantitative estimate of drug-likeness (QED) is 0.841. The summed E-state index contributed by atoms with van der Waals surface area (Å²) in [7, 11) is 0. The molecule has 2 N–H and O–H groups in total. The van der Waals surface area contributed by atoms with E-state index in [0.29, 0.717) is 12.4 Å². The van der Waals surface area contributed by atoms with Crippen LogP contribution in [0.3, 0.4) is 0 Å². The molecule has 0 saturated carbocycles. The van der Waals surface area contributed by atoms with Crippen LogP contribution in [0.25, 0.3) is 0 Å². The van der Waals surface area contributed by atoms with Gasteiger partial charge in [0, 0.05) is 49.8 Å². The van der Waals surface area contributed by atoms with E-state index in [1.54, 1.807) is 12.3 Å². The summed E-state index contributed by atoms with van der Waals surface area (Å²) in [6.07, 6.45) is 4.95. The van der Waals surface area contributed by atoms with E-state index in [0.717, 1.165) is 44.1 Å². The van der Waals surface area contributed by atoms with Crippen molar-refractivity contribution in [1.82, 2.24) is 20.3 Å². The van der Waals surface area contributed by atoms with E-state index in [4.69, 9.17) is 0 Å². The molecule has 148 valence electrons. The van der Waals surface area contributed by atoms with Crippen molar-refractivity contribution in [1.29, 1.82) is 0 Å². The molecule has 1 amide bonds. The van der Waals surface area contributed by atoms with Crippen LogP contribution in [0, 0.1) is 0 Å². The molecule has 1 spiro atoms. The number of carbonyl (C=O) groups excluding carboxylic acids is 1. The van der Waals surface area contributed by atoms with Gasteiger partial charge in [-0.1, -0.05) is 0 Å². The molecule has 2 aromatic heterocycles. The highest BCUT2D eigenvalue weighted by molar-refractivity contribution is 5.88. The fraction of sp³-hybridized carbons (Fsp3) is 0.474. The largest absolute Gasteiger partial charge is 0.317 e. The number of rotatable bonds is 3. The van der Waals surface area contributed by atoms with Crippen LogP contribution in [0.15, 0.2) is 24.5 Å². The van der Waals surface area contributed by atoms with Crippen molar-refractivity contribution in [2.45, 2.75) is 38.0 Å². The van der Waals surface area contributed by atoms with Gasteiger partial charge in [0.2, 0.25) is 11.9 Å². The maximum Gasteiger partial charge on any atom is 0.287 e. The molecule has 1 saturated heterocycles. The number of anilines is 3. The first kappa shape index (κ1) is 18.7. The predicted molar refractivity (Wildman–Crippen MR) is 101 cm³/mol. The number of carbonyl (C=O) groups is 1. The molecule has 28 heavy (non-hydrogen) atoms. The molecule has 0 aromatic carbocycles. The van der Waals surface area contributed by atoms with Gasteiger partial charge in [0.15, 0.2) is 0 Å². The van der Waals surface area contributed by atoms with E-state index in [9.17, 15) is 13.6 Å². The highest BCUT2D eigenvalue weighted by Gasteiger charge is 2.45. The molecule has 4 heterocycles. The predicted octanol–water partition coefficient (Wildman–Crippen LogP) is 2.71. The smallest absolute Gasteiger partial charge is 0.287 e. The molecule has 4 rings (SSSR count). The topological polar surface area (TPSA) is 83.0 Å². The van der Waals surface area contributed by atoms with Gasteiger partial charge in [-0.15, -0.1) is 0 Å². The Kier molecular flexibility index (Phi) is 4.49. The summed E-state index contributed by atoms with van der Waals surface area (Å²) < 4.78 is 27.6. The number of pyridine rings is 1. The van der Waals surface area contributed by atoms with Gasteiger partial charge in [-0.05, 0) is 32.0 Å². The fourth-order valence-corrected chi connectivity index (χ4v) is 4.03. The standard InChI is InChI=1S/C19H22F2N6O/c1-12(28)25-16-9-14-13(10-24-16)19(4-7-22-8-5-19)11-27(14)17-23-6-3-15(26-17)18(2,20)21/h3,6,9-10,22H,4-5,7-8,11H2,1-2H3,(H,24,25,28). The van der Waals surface area contributed by atoms with Crippen molar-refractivity contribution in [3.8, 4) is 0 Å². The average molecular weight is 388 g/mol. The summed E-state index contributed by atoms with van der Waals surface area (Å²) in [5, 5.41) is 6.05. The molecule has 0 aliphatic carbocycles. The molecule has 9 heteroatoms. The zero-order valence-corrected chi connectivity index (χ0v) is 15.8. The number of amides is 1. The Labute approximate surface area is 161 Å². The lowest BCUT2D eigenvalue weighted by atomic mass is 9.75. The van der Waals surface area contributed by atoms with Crippen LogP contribution >= 0.6 is 0 Å². The molecule has 2 aliphatic rings. The third-order valence-corrected chi connectivity index (χ3v) is 5.40. The first-order valence-electron chi connectivity index (χ1n) is 9.26. The Bertz CT molecular complexity index is 908. The molecule has 2 aliphatic heterocycles. The lowest BCUT2D eigenvalue weighted by Crippen LogP contribution is -2.42. The van der Waals surface area contributed by atoms with E-state index >= 15 is 0 Å². The van der Waals surface area contributed by atoms with Crippen LogP contribution in [-0.2, 0) is 16.1 Å². The summed E-state index contributed by atoms with van der Waals surface area (Å²) in [4.78, 5) is 26.1. The molecule has 0 atom stereocenters. The fourth-order valence-electron chi connectivity index (χ4n) is 4.03. The number of aromatic nitrogens is 3. The molecule has 7 nitrogen and oxygen atoms in total. The molecular weight excluding hydrogens is 366 g/mol. The van der Waals surface area contributed by atoms with Crippen LogP contribution in [0.5, 0.6) is 0 Å². The number of hydrogen-bond donors (Lipinski definition) is 2. The number of hydrogen-bond acceptors (Lipinski definition) is 6. The van der Waals surface area contributed by atoms with E-state index < -0.39 is 5.92 Å². The zero-order valence-electron chi connectivity index (χ0n) is 15.8. The van der Waals surface area contributed by atoms with Crippen LogP contribution in [-0.4, -0.2) is 40.5 Å². The van der Waals surface area contributed by atoms with Gasteiger partial charge >= 0.3 is 0 Å². The highest BCUT2D eigenvalue weighted by atomic mass is 19.3. The number of nitrogens with zero attached hydrogens (tertiary/aromatic N) is 4. The second kappa shape index (κ2) is 6.73. The van der Waals surface area contributed by atoms with Crippen LogP contribution < -0.4 is 15.5 Å². The first-order valence-corrected chi connectivity index (χ1v) is 9.26. The van der Waals surface area contributed by atoms with Crippen molar-refractivity contribution < 1.29 is 13.6 Å². The second-order valence-electron chi connectivity index (χ2n) is 7.51. The Morgan fingerprint density at radius 1 is 1.32 bits per heavy atom. The second-order valence-corrected chi connectivity index (χ2v) is 7.51. The third kappa shape index (κ3) is 3.30. The molecule has 2 aromatic rings. The minimum atomic E-state index is -3.05. The Morgan fingerprint density at radius 2 is 2.07 bits per heavy atom. The molecule has 0 unspecified atom stereocenters. The van der Waals surface area contributed by atoms with E-state index in [1.165, 1.54) is 19.2 Å². The van der Waals surface area contributed by atoms with Crippen molar-refractivity contribution in [3.63, 3.8) is 0 Å². The minimum Gasteiger partial charge on any atom is -0.317 e. The SMILES string of the molecule is CC(=O)Nc1cc2c(cn1)C1(CCNCC1)CN2c1nccc(C(C)(F)F)n1. The van der Waals surface area contributed by atoms with Gasteiger partial charge in [0.05, 0.1) is 5.69 Å². The van der Waals surface area contributed by atoms with Gasteiger partial charge in [-0.25, -0.2) is 15.0 Å². The van der Waals surface area contributed by atoms with Gasteiger partial charge in [-0.3, -0.25) is 4.79 Å². The van der Waals surface area contributed by atoms with Crippen LogP contribution in [0.1, 0.15) is 37.9 Å². The van der Waals surface area contributed by atoms with Crippen LogP contribution in [0.4, 0.5) is 26.2 Å². The summed E-state index contributed by atoms with van der Waals surface area (Å²) in [5.41, 5.74) is 1.38. The minimum absolute atomic E-state index is 0.142. The maximum atomic E-state index is 13.8. The van der Waals surface area contributed by atoms with Gasteiger partial charge in [0.25, 0.3) is 5.92 Å². The molecule has 1 fully saturated rings. The lowest BCUT2D eigenvalue weighted by Gasteiger charge is -2.34. The third-order valence-electron chi connectivity index (χ3n) is 5.40. The number of piperidine rings is 1. The first-order chi connectivity index (χ1) is 13.3. The highest BCUT2D eigenvalue weighted by Crippen LogP contribution is 2.48. The molecule has 0 radical (unpaired) electrons. The Morgan fingerprint density at radius 3 is 2.75 bits per heavy atom. The Balaban J connectivity index is 1.80. The van der Waals surface area contributed by atoms with E-state index in [1.807, 2.05) is 4.90 Å². The summed E-state index contributed by atoms with van der Waals surface area (Å²) in [6, 6.07) is 3.00. The average Bonchev–Trinajstić information content (AvgIpc) is 2.95. The van der Waals surface area contributed by atoms with Crippen molar-refractivity contribution in [2.24, 2.45) is 0 Å². The number of nitrogens with one attached hydrogen (secondary N) is 2. The summed E-state index contributed by atoms with van der Waals surface area (Å²) in [5.74, 6) is -2.63. The van der Waals surface area contributed by atoms with E-state index in [2.05, 4.69) is 25.6 Å². The van der Waals surface area contributed by atoms with Crippen molar-refractivity contribution in [3.05, 3.63) is 35.8 Å². The van der Waals surface area contributed by atoms with Gasteiger partial charge in [-0.2, -0.15) is 8.78 Å². The lowest BCUT2D eigenvalue weighted by molar-refractivity contribution is -0.114. The number of alkyl halides is 2. The van der Waals surface area contributed by atoms with Crippen LogP contribution in [0.2, 0.25) is 0 Å².